The first-order valence-corrected chi connectivity index (χ1v) is 10.3. The van der Waals surface area contributed by atoms with Crippen molar-refractivity contribution in [3.05, 3.63) is 71.8 Å². The van der Waals surface area contributed by atoms with E-state index in [2.05, 4.69) is 10.6 Å². The molecule has 31 heavy (non-hydrogen) atoms. The standard InChI is InChI=1S/C24H32N2O5/c1-24(2,3)31-23(30)26-20(15-18-12-8-5-9-13-18)22(29)21(28)19(25-16-27)14-17-10-6-4-7-11-17/h4-13,16,19-22,28-29H,14-15H2,1-3H3,(H,25,27)(H,26,30). The summed E-state index contributed by atoms with van der Waals surface area (Å²) in [5.41, 5.74) is 1.06. The van der Waals surface area contributed by atoms with Crippen LogP contribution in [-0.2, 0) is 22.4 Å². The summed E-state index contributed by atoms with van der Waals surface area (Å²) in [5, 5.41) is 27.1. The highest BCUT2D eigenvalue weighted by atomic mass is 16.6. The van der Waals surface area contributed by atoms with Gasteiger partial charge in [-0.3, -0.25) is 4.79 Å². The number of aliphatic hydroxyl groups is 2. The first kappa shape index (κ1) is 24.4. The Kier molecular flexibility index (Phi) is 9.03. The molecular formula is C24H32N2O5. The van der Waals surface area contributed by atoms with Gasteiger partial charge in [-0.25, -0.2) is 4.79 Å². The minimum Gasteiger partial charge on any atom is -0.444 e. The smallest absolute Gasteiger partial charge is 0.407 e. The van der Waals surface area contributed by atoms with E-state index in [1.807, 2.05) is 60.7 Å². The van der Waals surface area contributed by atoms with Crippen LogP contribution in [0.25, 0.3) is 0 Å². The molecule has 0 aromatic heterocycles. The van der Waals surface area contributed by atoms with Crippen LogP contribution in [0, 0.1) is 0 Å². The van der Waals surface area contributed by atoms with Crippen LogP contribution in [-0.4, -0.2) is 52.6 Å². The summed E-state index contributed by atoms with van der Waals surface area (Å²) in [7, 11) is 0. The molecule has 2 aromatic carbocycles. The maximum atomic E-state index is 12.4. The molecule has 0 fully saturated rings. The van der Waals surface area contributed by atoms with E-state index in [0.29, 0.717) is 12.8 Å². The van der Waals surface area contributed by atoms with Gasteiger partial charge in [-0.2, -0.15) is 0 Å². The molecule has 7 nitrogen and oxygen atoms in total. The third-order valence-electron chi connectivity index (χ3n) is 4.76. The minimum absolute atomic E-state index is 0.275. The topological polar surface area (TPSA) is 108 Å². The van der Waals surface area contributed by atoms with E-state index >= 15 is 0 Å². The lowest BCUT2D eigenvalue weighted by Crippen LogP contribution is -2.56. The number of ether oxygens (including phenoxy) is 1. The van der Waals surface area contributed by atoms with Gasteiger partial charge in [0.15, 0.2) is 0 Å². The molecule has 0 radical (unpaired) electrons. The number of nitrogens with one attached hydrogen (secondary N) is 2. The van der Waals surface area contributed by atoms with Crippen LogP contribution >= 0.6 is 0 Å². The van der Waals surface area contributed by atoms with Crippen LogP contribution in [0.2, 0.25) is 0 Å². The van der Waals surface area contributed by atoms with Crippen LogP contribution in [0.5, 0.6) is 0 Å². The molecule has 2 aromatic rings. The Morgan fingerprint density at radius 1 is 0.903 bits per heavy atom. The van der Waals surface area contributed by atoms with E-state index < -0.39 is 36.0 Å². The quantitative estimate of drug-likeness (QED) is 0.434. The maximum Gasteiger partial charge on any atom is 0.407 e. The summed E-state index contributed by atoms with van der Waals surface area (Å²) >= 11 is 0. The average Bonchev–Trinajstić information content (AvgIpc) is 2.72. The molecule has 0 saturated carbocycles. The molecule has 0 heterocycles. The SMILES string of the molecule is CC(C)(C)OC(=O)NC(Cc1ccccc1)C(O)C(O)C(Cc1ccccc1)NC=O. The zero-order valence-electron chi connectivity index (χ0n) is 18.2. The van der Waals surface area contributed by atoms with Crippen LogP contribution in [0.3, 0.4) is 0 Å². The first-order valence-electron chi connectivity index (χ1n) is 10.3. The molecule has 7 heteroatoms. The Labute approximate surface area is 183 Å². The van der Waals surface area contributed by atoms with Crippen molar-refractivity contribution in [1.82, 2.24) is 10.6 Å². The van der Waals surface area contributed by atoms with Gasteiger partial charge in [0.1, 0.15) is 17.8 Å². The highest BCUT2D eigenvalue weighted by molar-refractivity contribution is 5.68. The molecule has 0 aliphatic carbocycles. The number of carbonyl (C=O) groups excluding carboxylic acids is 2. The van der Waals surface area contributed by atoms with E-state index in [1.165, 1.54) is 0 Å². The van der Waals surface area contributed by atoms with Crippen molar-refractivity contribution in [2.75, 3.05) is 0 Å². The molecule has 2 amide bonds. The van der Waals surface area contributed by atoms with Crippen LogP contribution in [0.1, 0.15) is 31.9 Å². The Morgan fingerprint density at radius 3 is 1.81 bits per heavy atom. The lowest BCUT2D eigenvalue weighted by Gasteiger charge is -2.33. The normalized spacial score (nSPS) is 15.3. The van der Waals surface area contributed by atoms with Crippen LogP contribution in [0.4, 0.5) is 4.79 Å². The van der Waals surface area contributed by atoms with E-state index in [-0.39, 0.29) is 6.42 Å². The Hall–Kier alpha value is -2.90. The second-order valence-corrected chi connectivity index (χ2v) is 8.50. The number of benzene rings is 2. The highest BCUT2D eigenvalue weighted by Gasteiger charge is 2.34. The zero-order valence-corrected chi connectivity index (χ0v) is 18.2. The van der Waals surface area contributed by atoms with Gasteiger partial charge in [-0.1, -0.05) is 60.7 Å². The molecule has 0 aliphatic heterocycles. The molecule has 0 bridgehead atoms. The Balaban J connectivity index is 2.20. The lowest BCUT2D eigenvalue weighted by atomic mass is 9.91. The van der Waals surface area contributed by atoms with E-state index in [4.69, 9.17) is 4.74 Å². The fraction of sp³-hybridized carbons (Fsp3) is 0.417. The van der Waals surface area contributed by atoms with Gasteiger partial charge in [0.05, 0.1) is 12.1 Å². The minimum atomic E-state index is -1.35. The monoisotopic (exact) mass is 428 g/mol. The summed E-state index contributed by atoms with van der Waals surface area (Å²) in [5.74, 6) is 0. The van der Waals surface area contributed by atoms with Gasteiger partial charge in [-0.05, 0) is 44.7 Å². The number of amides is 2. The van der Waals surface area contributed by atoms with Gasteiger partial charge in [0, 0.05) is 0 Å². The summed E-state index contributed by atoms with van der Waals surface area (Å²) in [6, 6.07) is 17.1. The van der Waals surface area contributed by atoms with Gasteiger partial charge in [-0.15, -0.1) is 0 Å². The molecule has 0 aliphatic rings. The third kappa shape index (κ3) is 8.39. The van der Waals surface area contributed by atoms with Crippen molar-refractivity contribution in [1.29, 1.82) is 0 Å². The van der Waals surface area contributed by atoms with Crippen molar-refractivity contribution in [3.63, 3.8) is 0 Å². The van der Waals surface area contributed by atoms with E-state index in [1.54, 1.807) is 20.8 Å². The summed E-state index contributed by atoms with van der Waals surface area (Å²) in [6.07, 6.45) is -2.28. The predicted octanol–water partition coefficient (Wildman–Crippen LogP) is 2.20. The molecule has 4 unspecified atom stereocenters. The van der Waals surface area contributed by atoms with Crippen molar-refractivity contribution in [2.45, 2.75) is 63.5 Å². The number of rotatable bonds is 10. The van der Waals surface area contributed by atoms with Gasteiger partial charge in [0.2, 0.25) is 6.41 Å². The molecule has 0 spiro atoms. The van der Waals surface area contributed by atoms with Crippen molar-refractivity contribution in [2.24, 2.45) is 0 Å². The van der Waals surface area contributed by atoms with Crippen LogP contribution in [0.15, 0.2) is 60.7 Å². The largest absolute Gasteiger partial charge is 0.444 e. The summed E-state index contributed by atoms with van der Waals surface area (Å²) in [6.45, 7) is 5.23. The van der Waals surface area contributed by atoms with Crippen molar-refractivity contribution in [3.8, 4) is 0 Å². The third-order valence-corrected chi connectivity index (χ3v) is 4.76. The molecule has 168 valence electrons. The van der Waals surface area contributed by atoms with Crippen molar-refractivity contribution >= 4 is 12.5 Å². The number of carbonyl (C=O) groups is 2. The molecule has 0 saturated heterocycles. The van der Waals surface area contributed by atoms with Gasteiger partial charge >= 0.3 is 6.09 Å². The molecule has 4 N–H and O–H groups in total. The predicted molar refractivity (Wildman–Crippen MR) is 118 cm³/mol. The average molecular weight is 429 g/mol. The zero-order chi connectivity index (χ0) is 22.9. The first-order chi connectivity index (χ1) is 14.7. The fourth-order valence-electron chi connectivity index (χ4n) is 3.29. The fourth-order valence-corrected chi connectivity index (χ4v) is 3.29. The number of alkyl carbamates (subject to hydrolysis) is 1. The summed E-state index contributed by atoms with van der Waals surface area (Å²) in [4.78, 5) is 23.5. The number of aliphatic hydroxyl groups excluding tert-OH is 2. The molecular weight excluding hydrogens is 396 g/mol. The van der Waals surface area contributed by atoms with E-state index in [9.17, 15) is 19.8 Å². The second-order valence-electron chi connectivity index (χ2n) is 8.50. The Bertz CT molecular complexity index is 808. The number of hydrogen-bond acceptors (Lipinski definition) is 5. The Morgan fingerprint density at radius 2 is 1.35 bits per heavy atom. The lowest BCUT2D eigenvalue weighted by molar-refractivity contribution is -0.112. The maximum absolute atomic E-state index is 12.4. The number of hydrogen-bond donors (Lipinski definition) is 4. The second kappa shape index (κ2) is 11.5. The molecule has 4 atom stereocenters. The van der Waals surface area contributed by atoms with E-state index in [0.717, 1.165) is 11.1 Å². The van der Waals surface area contributed by atoms with Crippen molar-refractivity contribution < 1.29 is 24.5 Å². The van der Waals surface area contributed by atoms with Gasteiger partial charge < -0.3 is 25.6 Å². The van der Waals surface area contributed by atoms with Gasteiger partial charge in [0.25, 0.3) is 0 Å². The van der Waals surface area contributed by atoms with Crippen LogP contribution < -0.4 is 10.6 Å². The molecule has 2 rings (SSSR count). The summed E-state index contributed by atoms with van der Waals surface area (Å²) < 4.78 is 5.32. The highest BCUT2D eigenvalue weighted by Crippen LogP contribution is 2.15.